The molecule has 0 aliphatic carbocycles. The van der Waals surface area contributed by atoms with E-state index in [9.17, 15) is 22.8 Å². The topological polar surface area (TPSA) is 70.2 Å². The predicted octanol–water partition coefficient (Wildman–Crippen LogP) is 4.28. The minimum Gasteiger partial charge on any atom is -0.376 e. The van der Waals surface area contributed by atoms with Crippen molar-refractivity contribution in [1.82, 2.24) is 5.32 Å². The van der Waals surface area contributed by atoms with Gasteiger partial charge in [-0.1, -0.05) is 12.1 Å². The van der Waals surface area contributed by atoms with Crippen LogP contribution in [0.2, 0.25) is 0 Å². The van der Waals surface area contributed by atoms with Crippen molar-refractivity contribution in [3.05, 3.63) is 59.7 Å². The SMILES string of the molecule is CC(C)(C)NC(=O)c1cccc(NC(=O)CNc2cccc(C(F)(F)F)c2)c1. The Morgan fingerprint density at radius 2 is 1.57 bits per heavy atom. The lowest BCUT2D eigenvalue weighted by Crippen LogP contribution is -2.40. The first-order chi connectivity index (χ1) is 12.9. The molecule has 8 heteroatoms. The van der Waals surface area contributed by atoms with Crippen molar-refractivity contribution < 1.29 is 22.8 Å². The third-order valence-corrected chi connectivity index (χ3v) is 3.54. The molecule has 0 heterocycles. The van der Waals surface area contributed by atoms with Gasteiger partial charge in [-0.25, -0.2) is 0 Å². The van der Waals surface area contributed by atoms with Gasteiger partial charge in [0.2, 0.25) is 5.91 Å². The van der Waals surface area contributed by atoms with Gasteiger partial charge in [-0.2, -0.15) is 13.2 Å². The lowest BCUT2D eigenvalue weighted by Gasteiger charge is -2.20. The van der Waals surface area contributed by atoms with Crippen molar-refractivity contribution in [3.63, 3.8) is 0 Å². The third-order valence-electron chi connectivity index (χ3n) is 3.54. The Bertz CT molecular complexity index is 858. The van der Waals surface area contributed by atoms with Crippen molar-refractivity contribution in [1.29, 1.82) is 0 Å². The number of hydrogen-bond acceptors (Lipinski definition) is 3. The first kappa shape index (κ1) is 21.3. The van der Waals surface area contributed by atoms with E-state index in [0.29, 0.717) is 11.3 Å². The molecule has 2 aromatic carbocycles. The number of hydrogen-bond donors (Lipinski definition) is 3. The number of amides is 2. The van der Waals surface area contributed by atoms with Gasteiger partial charge in [0.15, 0.2) is 0 Å². The molecule has 0 fully saturated rings. The summed E-state index contributed by atoms with van der Waals surface area (Å²) in [6.45, 7) is 5.35. The summed E-state index contributed by atoms with van der Waals surface area (Å²) in [6.07, 6.45) is -4.45. The van der Waals surface area contributed by atoms with Crippen LogP contribution in [-0.2, 0) is 11.0 Å². The van der Waals surface area contributed by atoms with Crippen LogP contribution in [0.3, 0.4) is 0 Å². The molecule has 0 aliphatic rings. The number of nitrogens with one attached hydrogen (secondary N) is 3. The summed E-state index contributed by atoms with van der Waals surface area (Å²) in [5.41, 5.74) is -0.208. The van der Waals surface area contributed by atoms with Crippen molar-refractivity contribution >= 4 is 23.2 Å². The molecule has 0 saturated heterocycles. The van der Waals surface area contributed by atoms with Crippen LogP contribution in [0.1, 0.15) is 36.7 Å². The van der Waals surface area contributed by atoms with E-state index in [-0.39, 0.29) is 18.1 Å². The Morgan fingerprint density at radius 1 is 0.929 bits per heavy atom. The highest BCUT2D eigenvalue weighted by atomic mass is 19.4. The number of benzene rings is 2. The highest BCUT2D eigenvalue weighted by Gasteiger charge is 2.30. The minimum absolute atomic E-state index is 0.184. The molecule has 0 radical (unpaired) electrons. The summed E-state index contributed by atoms with van der Waals surface area (Å²) in [6, 6.07) is 11.0. The van der Waals surface area contributed by atoms with E-state index in [1.54, 1.807) is 18.2 Å². The predicted molar refractivity (Wildman–Crippen MR) is 102 cm³/mol. The molecule has 0 aliphatic heterocycles. The lowest BCUT2D eigenvalue weighted by molar-refractivity contribution is -0.137. The number of alkyl halides is 3. The van der Waals surface area contributed by atoms with E-state index >= 15 is 0 Å². The van der Waals surface area contributed by atoms with E-state index in [1.807, 2.05) is 20.8 Å². The molecule has 2 rings (SSSR count). The minimum atomic E-state index is -4.45. The number of anilines is 2. The second-order valence-electron chi connectivity index (χ2n) is 7.27. The molecule has 0 spiro atoms. The fraction of sp³-hybridized carbons (Fsp3) is 0.300. The molecule has 0 saturated carbocycles. The number of carbonyl (C=O) groups is 2. The summed E-state index contributed by atoms with van der Waals surface area (Å²) in [5, 5.41) is 8.09. The van der Waals surface area contributed by atoms with Crippen LogP contribution in [0.15, 0.2) is 48.5 Å². The maximum absolute atomic E-state index is 12.7. The number of halogens is 3. The maximum atomic E-state index is 12.7. The van der Waals surface area contributed by atoms with Crippen molar-refractivity contribution in [2.24, 2.45) is 0 Å². The fourth-order valence-corrected chi connectivity index (χ4v) is 2.34. The molecule has 0 aromatic heterocycles. The van der Waals surface area contributed by atoms with Crippen LogP contribution in [-0.4, -0.2) is 23.9 Å². The van der Waals surface area contributed by atoms with Crippen molar-refractivity contribution in [3.8, 4) is 0 Å². The average Bonchev–Trinajstić information content (AvgIpc) is 2.58. The largest absolute Gasteiger partial charge is 0.416 e. The second-order valence-corrected chi connectivity index (χ2v) is 7.27. The molecule has 2 amide bonds. The van der Waals surface area contributed by atoms with Crippen LogP contribution in [0.25, 0.3) is 0 Å². The summed E-state index contributed by atoms with van der Waals surface area (Å²) in [5.74, 6) is -0.725. The van der Waals surface area contributed by atoms with Crippen LogP contribution < -0.4 is 16.0 Å². The normalized spacial score (nSPS) is 11.6. The van der Waals surface area contributed by atoms with Gasteiger partial charge in [0, 0.05) is 22.5 Å². The Balaban J connectivity index is 1.97. The van der Waals surface area contributed by atoms with Gasteiger partial charge in [-0.05, 0) is 57.2 Å². The van der Waals surface area contributed by atoms with Gasteiger partial charge in [0.25, 0.3) is 5.91 Å². The highest BCUT2D eigenvalue weighted by molar-refractivity contribution is 5.98. The Hall–Kier alpha value is -3.03. The lowest BCUT2D eigenvalue weighted by atomic mass is 10.1. The molecule has 0 bridgehead atoms. The van der Waals surface area contributed by atoms with E-state index in [0.717, 1.165) is 12.1 Å². The van der Waals surface area contributed by atoms with Crippen LogP contribution >= 0.6 is 0 Å². The smallest absolute Gasteiger partial charge is 0.376 e. The van der Waals surface area contributed by atoms with Gasteiger partial charge in [-0.3, -0.25) is 9.59 Å². The molecule has 0 atom stereocenters. The second kappa shape index (κ2) is 8.33. The summed E-state index contributed by atoms with van der Waals surface area (Å²) in [7, 11) is 0. The van der Waals surface area contributed by atoms with Crippen LogP contribution in [0.5, 0.6) is 0 Å². The van der Waals surface area contributed by atoms with Gasteiger partial charge in [-0.15, -0.1) is 0 Å². The molecule has 0 unspecified atom stereocenters. The van der Waals surface area contributed by atoms with Gasteiger partial charge < -0.3 is 16.0 Å². The fourth-order valence-electron chi connectivity index (χ4n) is 2.34. The van der Waals surface area contributed by atoms with E-state index in [2.05, 4.69) is 16.0 Å². The van der Waals surface area contributed by atoms with Gasteiger partial charge in [0.05, 0.1) is 12.1 Å². The van der Waals surface area contributed by atoms with E-state index in [4.69, 9.17) is 0 Å². The Kier molecular flexibility index (Phi) is 6.33. The number of rotatable bonds is 5. The standard InChI is InChI=1S/C20H22F3N3O2/c1-19(2,3)26-18(28)13-6-4-9-16(10-13)25-17(27)12-24-15-8-5-7-14(11-15)20(21,22)23/h4-11,24H,12H2,1-3H3,(H,25,27)(H,26,28). The molecule has 150 valence electrons. The Morgan fingerprint density at radius 3 is 2.21 bits per heavy atom. The summed E-state index contributed by atoms with van der Waals surface area (Å²) in [4.78, 5) is 24.3. The van der Waals surface area contributed by atoms with Crippen molar-refractivity contribution in [2.75, 3.05) is 17.2 Å². The maximum Gasteiger partial charge on any atom is 0.416 e. The molecule has 2 aromatic rings. The van der Waals surface area contributed by atoms with Crippen LogP contribution in [0.4, 0.5) is 24.5 Å². The molecular weight excluding hydrogens is 371 g/mol. The molecular formula is C20H22F3N3O2. The van der Waals surface area contributed by atoms with E-state index in [1.165, 1.54) is 18.2 Å². The van der Waals surface area contributed by atoms with E-state index < -0.39 is 23.2 Å². The quantitative estimate of drug-likeness (QED) is 0.710. The zero-order valence-electron chi connectivity index (χ0n) is 15.8. The highest BCUT2D eigenvalue weighted by Crippen LogP contribution is 2.30. The zero-order chi connectivity index (χ0) is 20.9. The van der Waals surface area contributed by atoms with Gasteiger partial charge in [0.1, 0.15) is 0 Å². The first-order valence-corrected chi connectivity index (χ1v) is 8.58. The monoisotopic (exact) mass is 393 g/mol. The van der Waals surface area contributed by atoms with Crippen molar-refractivity contribution in [2.45, 2.75) is 32.5 Å². The third kappa shape index (κ3) is 6.61. The summed E-state index contributed by atoms with van der Waals surface area (Å²) >= 11 is 0. The zero-order valence-corrected chi connectivity index (χ0v) is 15.8. The molecule has 5 nitrogen and oxygen atoms in total. The summed E-state index contributed by atoms with van der Waals surface area (Å²) < 4.78 is 38.2. The van der Waals surface area contributed by atoms with Gasteiger partial charge >= 0.3 is 6.18 Å². The number of carbonyl (C=O) groups excluding carboxylic acids is 2. The van der Waals surface area contributed by atoms with Crippen LogP contribution in [0, 0.1) is 0 Å². The Labute approximate surface area is 161 Å². The molecule has 3 N–H and O–H groups in total. The molecule has 28 heavy (non-hydrogen) atoms. The first-order valence-electron chi connectivity index (χ1n) is 8.58. The average molecular weight is 393 g/mol.